The zero-order valence-electron chi connectivity index (χ0n) is 15.3. The Morgan fingerprint density at radius 3 is 2.07 bits per heavy atom. The van der Waals surface area contributed by atoms with Crippen LogP contribution in [0.1, 0.15) is 11.1 Å². The van der Waals surface area contributed by atoms with Crippen LogP contribution in [0.5, 0.6) is 0 Å². The molecule has 4 atom stereocenters. The first kappa shape index (κ1) is 19.5. The summed E-state index contributed by atoms with van der Waals surface area (Å²) in [5.74, 6) is -1.29. The minimum Gasteiger partial charge on any atom is -0.370 e. The standard InChI is InChI=1S/C21H25NO5/c1-24-21-18(20(22)23)19(26-13-16-10-6-3-7-11-16)17(14-27-21)25-12-15-8-4-2-5-9-15/h2-11,17-19,21H,12-14H2,1H3,(H2,22,23)/t17-,18+,19-,21+/m0/s1. The molecule has 2 aromatic carbocycles. The van der Waals surface area contributed by atoms with Gasteiger partial charge in [-0.2, -0.15) is 0 Å². The van der Waals surface area contributed by atoms with Crippen LogP contribution in [0, 0.1) is 5.92 Å². The van der Waals surface area contributed by atoms with E-state index in [2.05, 4.69) is 0 Å². The maximum atomic E-state index is 12.1. The van der Waals surface area contributed by atoms with Crippen LogP contribution >= 0.6 is 0 Å². The van der Waals surface area contributed by atoms with Crippen molar-refractivity contribution in [2.75, 3.05) is 13.7 Å². The van der Waals surface area contributed by atoms with Crippen LogP contribution in [0.25, 0.3) is 0 Å². The van der Waals surface area contributed by atoms with Crippen LogP contribution < -0.4 is 5.73 Å². The Morgan fingerprint density at radius 1 is 1.00 bits per heavy atom. The first-order valence-corrected chi connectivity index (χ1v) is 8.94. The predicted molar refractivity (Wildman–Crippen MR) is 99.5 cm³/mol. The van der Waals surface area contributed by atoms with Gasteiger partial charge in [0.1, 0.15) is 18.1 Å². The van der Waals surface area contributed by atoms with E-state index in [4.69, 9.17) is 24.7 Å². The number of hydrogen-bond donors (Lipinski definition) is 1. The Kier molecular flexibility index (Phi) is 6.95. The van der Waals surface area contributed by atoms with Crippen molar-refractivity contribution in [1.82, 2.24) is 0 Å². The van der Waals surface area contributed by atoms with Crippen molar-refractivity contribution in [3.63, 3.8) is 0 Å². The first-order chi connectivity index (χ1) is 13.2. The third-order valence-corrected chi connectivity index (χ3v) is 4.59. The van der Waals surface area contributed by atoms with E-state index in [1.807, 2.05) is 60.7 Å². The summed E-state index contributed by atoms with van der Waals surface area (Å²) in [6.45, 7) is 0.995. The zero-order chi connectivity index (χ0) is 19.1. The highest BCUT2D eigenvalue weighted by atomic mass is 16.7. The van der Waals surface area contributed by atoms with Gasteiger partial charge in [0.15, 0.2) is 6.29 Å². The lowest BCUT2D eigenvalue weighted by Crippen LogP contribution is -2.56. The molecule has 0 saturated carbocycles. The average molecular weight is 371 g/mol. The molecule has 1 saturated heterocycles. The molecule has 0 spiro atoms. The van der Waals surface area contributed by atoms with Gasteiger partial charge in [0, 0.05) is 7.11 Å². The minimum absolute atomic E-state index is 0.259. The molecule has 2 aromatic rings. The van der Waals surface area contributed by atoms with Gasteiger partial charge in [-0.3, -0.25) is 4.79 Å². The summed E-state index contributed by atoms with van der Waals surface area (Å²) in [7, 11) is 1.49. The summed E-state index contributed by atoms with van der Waals surface area (Å²) in [5, 5.41) is 0. The molecule has 0 unspecified atom stereocenters. The van der Waals surface area contributed by atoms with Crippen molar-refractivity contribution in [1.29, 1.82) is 0 Å². The fourth-order valence-electron chi connectivity index (χ4n) is 3.18. The first-order valence-electron chi connectivity index (χ1n) is 8.94. The zero-order valence-corrected chi connectivity index (χ0v) is 15.3. The summed E-state index contributed by atoms with van der Waals surface area (Å²) in [6.07, 6.45) is -1.75. The monoisotopic (exact) mass is 371 g/mol. The highest BCUT2D eigenvalue weighted by Crippen LogP contribution is 2.28. The smallest absolute Gasteiger partial charge is 0.228 e. The van der Waals surface area contributed by atoms with E-state index in [1.165, 1.54) is 7.11 Å². The topological polar surface area (TPSA) is 80.0 Å². The SMILES string of the molecule is CO[C@@H]1OC[C@H](OCc2ccccc2)[C@H](OCc2ccccc2)[C@@H]1C(N)=O. The fraction of sp³-hybridized carbons (Fsp3) is 0.381. The molecule has 6 nitrogen and oxygen atoms in total. The highest BCUT2D eigenvalue weighted by Gasteiger charge is 2.45. The number of methoxy groups -OCH3 is 1. The molecule has 1 amide bonds. The van der Waals surface area contributed by atoms with E-state index < -0.39 is 30.3 Å². The fourth-order valence-corrected chi connectivity index (χ4v) is 3.18. The van der Waals surface area contributed by atoms with E-state index in [0.717, 1.165) is 11.1 Å². The molecule has 0 aromatic heterocycles. The molecule has 0 aliphatic carbocycles. The number of carbonyl (C=O) groups excluding carboxylic acids is 1. The number of hydrogen-bond acceptors (Lipinski definition) is 5. The second-order valence-electron chi connectivity index (χ2n) is 6.46. The van der Waals surface area contributed by atoms with Crippen molar-refractivity contribution >= 4 is 5.91 Å². The number of benzene rings is 2. The van der Waals surface area contributed by atoms with Crippen LogP contribution in [-0.4, -0.2) is 38.1 Å². The van der Waals surface area contributed by atoms with Crippen LogP contribution in [0.3, 0.4) is 0 Å². The third-order valence-electron chi connectivity index (χ3n) is 4.59. The second-order valence-corrected chi connectivity index (χ2v) is 6.46. The van der Waals surface area contributed by atoms with Crippen molar-refractivity contribution in [3.05, 3.63) is 71.8 Å². The normalized spacial score (nSPS) is 25.2. The van der Waals surface area contributed by atoms with Gasteiger partial charge in [0.05, 0.1) is 19.8 Å². The van der Waals surface area contributed by atoms with Crippen LogP contribution in [0.2, 0.25) is 0 Å². The van der Waals surface area contributed by atoms with E-state index in [9.17, 15) is 4.79 Å². The van der Waals surface area contributed by atoms with Crippen LogP contribution in [-0.2, 0) is 37.0 Å². The molecule has 1 heterocycles. The van der Waals surface area contributed by atoms with Crippen LogP contribution in [0.15, 0.2) is 60.7 Å². The summed E-state index contributed by atoms with van der Waals surface area (Å²) < 4.78 is 23.1. The number of nitrogens with two attached hydrogens (primary N) is 1. The molecule has 27 heavy (non-hydrogen) atoms. The van der Waals surface area contributed by atoms with Gasteiger partial charge < -0.3 is 24.7 Å². The lowest BCUT2D eigenvalue weighted by molar-refractivity contribution is -0.257. The molecule has 1 fully saturated rings. The van der Waals surface area contributed by atoms with Gasteiger partial charge in [-0.1, -0.05) is 60.7 Å². The van der Waals surface area contributed by atoms with Crippen LogP contribution in [0.4, 0.5) is 0 Å². The molecule has 1 aliphatic heterocycles. The van der Waals surface area contributed by atoms with E-state index in [1.54, 1.807) is 0 Å². The summed E-state index contributed by atoms with van der Waals surface area (Å²) >= 11 is 0. The molecular weight excluding hydrogens is 346 g/mol. The van der Waals surface area contributed by atoms with Crippen molar-refractivity contribution in [3.8, 4) is 0 Å². The lowest BCUT2D eigenvalue weighted by Gasteiger charge is -2.40. The van der Waals surface area contributed by atoms with E-state index >= 15 is 0 Å². The average Bonchev–Trinajstić information content (AvgIpc) is 2.71. The van der Waals surface area contributed by atoms with Gasteiger partial charge in [-0.05, 0) is 11.1 Å². The Hall–Kier alpha value is -2.25. The number of carbonyl (C=O) groups is 1. The Bertz CT molecular complexity index is 709. The second kappa shape index (κ2) is 9.62. The largest absolute Gasteiger partial charge is 0.370 e. The predicted octanol–water partition coefficient (Wildman–Crippen LogP) is 2.26. The molecular formula is C21H25NO5. The molecule has 144 valence electrons. The molecule has 2 N–H and O–H groups in total. The summed E-state index contributed by atoms with van der Waals surface area (Å²) in [6, 6.07) is 19.6. The molecule has 0 bridgehead atoms. The Morgan fingerprint density at radius 2 is 1.56 bits per heavy atom. The molecule has 6 heteroatoms. The van der Waals surface area contributed by atoms with Gasteiger partial charge in [-0.25, -0.2) is 0 Å². The summed E-state index contributed by atoms with van der Waals surface area (Å²) in [5.41, 5.74) is 7.66. The quantitative estimate of drug-likeness (QED) is 0.770. The number of rotatable bonds is 8. The third kappa shape index (κ3) is 5.14. The molecule has 1 aliphatic rings. The van der Waals surface area contributed by atoms with E-state index in [-0.39, 0.29) is 6.61 Å². The highest BCUT2D eigenvalue weighted by molar-refractivity contribution is 5.78. The number of primary amides is 1. The maximum Gasteiger partial charge on any atom is 0.228 e. The molecule has 0 radical (unpaired) electrons. The Balaban J connectivity index is 1.73. The van der Waals surface area contributed by atoms with Crippen molar-refractivity contribution in [2.24, 2.45) is 11.7 Å². The van der Waals surface area contributed by atoms with Gasteiger partial charge >= 0.3 is 0 Å². The Labute approximate surface area is 159 Å². The maximum absolute atomic E-state index is 12.1. The summed E-state index contributed by atoms with van der Waals surface area (Å²) in [4.78, 5) is 12.1. The molecule has 3 rings (SSSR count). The number of amides is 1. The van der Waals surface area contributed by atoms with Gasteiger partial charge in [0.25, 0.3) is 0 Å². The van der Waals surface area contributed by atoms with E-state index in [0.29, 0.717) is 13.2 Å². The van der Waals surface area contributed by atoms with Crippen molar-refractivity contribution in [2.45, 2.75) is 31.7 Å². The minimum atomic E-state index is -0.756. The van der Waals surface area contributed by atoms with Crippen molar-refractivity contribution < 1.29 is 23.7 Å². The van der Waals surface area contributed by atoms with Gasteiger partial charge in [0.2, 0.25) is 5.91 Å². The number of ether oxygens (including phenoxy) is 4. The van der Waals surface area contributed by atoms with Gasteiger partial charge in [-0.15, -0.1) is 0 Å². The lowest BCUT2D eigenvalue weighted by atomic mass is 9.93.